The van der Waals surface area contributed by atoms with Gasteiger partial charge in [0.2, 0.25) is 0 Å². The summed E-state index contributed by atoms with van der Waals surface area (Å²) in [5, 5.41) is 12.8. The minimum Gasteiger partial charge on any atom is -0.391 e. The van der Waals surface area contributed by atoms with Crippen molar-refractivity contribution in [3.8, 4) is 0 Å². The standard InChI is InChI=1S/C10H17NO/c12-10-7-11-6-9(10)5-8-3-1-2-4-8/h1-2,8-12H,3-7H2/t9-,10-/m1/s1. The van der Waals surface area contributed by atoms with Crippen molar-refractivity contribution in [3.05, 3.63) is 12.2 Å². The molecule has 0 aromatic heterocycles. The molecule has 2 atom stereocenters. The van der Waals surface area contributed by atoms with Gasteiger partial charge in [-0.15, -0.1) is 0 Å². The van der Waals surface area contributed by atoms with E-state index in [4.69, 9.17) is 0 Å². The molecular formula is C10H17NO. The first-order valence-corrected chi connectivity index (χ1v) is 4.90. The summed E-state index contributed by atoms with van der Waals surface area (Å²) < 4.78 is 0. The Morgan fingerprint density at radius 3 is 2.58 bits per heavy atom. The van der Waals surface area contributed by atoms with E-state index in [1.54, 1.807) is 0 Å². The molecule has 2 nitrogen and oxygen atoms in total. The number of β-amino-alcohol motifs (C(OH)–C–C–N with tert-alkyl or cyclic N) is 1. The fourth-order valence-corrected chi connectivity index (χ4v) is 2.25. The highest BCUT2D eigenvalue weighted by Gasteiger charge is 2.27. The molecule has 0 aromatic rings. The molecule has 0 radical (unpaired) electrons. The molecule has 1 saturated heterocycles. The summed E-state index contributed by atoms with van der Waals surface area (Å²) in [4.78, 5) is 0. The lowest BCUT2D eigenvalue weighted by Crippen LogP contribution is -2.20. The third kappa shape index (κ3) is 1.70. The van der Waals surface area contributed by atoms with Gasteiger partial charge < -0.3 is 10.4 Å². The Balaban J connectivity index is 1.78. The molecule has 0 unspecified atom stereocenters. The second-order valence-corrected chi connectivity index (χ2v) is 4.03. The predicted octanol–water partition coefficient (Wildman–Crippen LogP) is 0.923. The zero-order chi connectivity index (χ0) is 8.39. The van der Waals surface area contributed by atoms with E-state index in [2.05, 4.69) is 17.5 Å². The van der Waals surface area contributed by atoms with Crippen molar-refractivity contribution in [2.75, 3.05) is 13.1 Å². The summed E-state index contributed by atoms with van der Waals surface area (Å²) in [5.74, 6) is 1.32. The molecule has 0 bridgehead atoms. The second-order valence-electron chi connectivity index (χ2n) is 4.03. The summed E-state index contributed by atoms with van der Waals surface area (Å²) in [6.45, 7) is 1.81. The van der Waals surface area contributed by atoms with Gasteiger partial charge >= 0.3 is 0 Å². The Morgan fingerprint density at radius 1 is 1.25 bits per heavy atom. The van der Waals surface area contributed by atoms with Crippen molar-refractivity contribution >= 4 is 0 Å². The van der Waals surface area contributed by atoms with Crippen LogP contribution in [0.25, 0.3) is 0 Å². The molecule has 0 saturated carbocycles. The largest absolute Gasteiger partial charge is 0.391 e. The lowest BCUT2D eigenvalue weighted by molar-refractivity contribution is 0.133. The molecule has 2 aliphatic rings. The maximum absolute atomic E-state index is 9.57. The average molecular weight is 167 g/mol. The molecular weight excluding hydrogens is 150 g/mol. The quantitative estimate of drug-likeness (QED) is 0.599. The van der Waals surface area contributed by atoms with E-state index in [1.165, 1.54) is 19.3 Å². The Morgan fingerprint density at radius 2 is 2.00 bits per heavy atom. The molecule has 1 fully saturated rings. The van der Waals surface area contributed by atoms with E-state index in [0.29, 0.717) is 5.92 Å². The predicted molar refractivity (Wildman–Crippen MR) is 48.8 cm³/mol. The highest BCUT2D eigenvalue weighted by Crippen LogP contribution is 2.27. The molecule has 2 heteroatoms. The lowest BCUT2D eigenvalue weighted by atomic mass is 9.91. The summed E-state index contributed by atoms with van der Waals surface area (Å²) >= 11 is 0. The number of nitrogens with one attached hydrogen (secondary N) is 1. The topological polar surface area (TPSA) is 32.3 Å². The minimum absolute atomic E-state index is 0.0920. The second kappa shape index (κ2) is 3.58. The van der Waals surface area contributed by atoms with E-state index < -0.39 is 0 Å². The van der Waals surface area contributed by atoms with Crippen molar-refractivity contribution in [2.24, 2.45) is 11.8 Å². The molecule has 1 aliphatic heterocycles. The number of rotatable bonds is 2. The van der Waals surface area contributed by atoms with Gasteiger partial charge in [-0.3, -0.25) is 0 Å². The first-order chi connectivity index (χ1) is 5.86. The van der Waals surface area contributed by atoms with Crippen molar-refractivity contribution in [3.63, 3.8) is 0 Å². The maximum Gasteiger partial charge on any atom is 0.0704 e. The van der Waals surface area contributed by atoms with Gasteiger partial charge in [0.15, 0.2) is 0 Å². The molecule has 1 heterocycles. The normalized spacial score (nSPS) is 36.4. The molecule has 0 spiro atoms. The number of hydrogen-bond acceptors (Lipinski definition) is 2. The van der Waals surface area contributed by atoms with E-state index >= 15 is 0 Å². The first-order valence-electron chi connectivity index (χ1n) is 4.90. The van der Waals surface area contributed by atoms with Crippen LogP contribution in [0.15, 0.2) is 12.2 Å². The van der Waals surface area contributed by atoms with Gasteiger partial charge in [-0.05, 0) is 31.1 Å². The first kappa shape index (κ1) is 8.27. The highest BCUT2D eigenvalue weighted by molar-refractivity contribution is 4.96. The highest BCUT2D eigenvalue weighted by atomic mass is 16.3. The summed E-state index contributed by atoms with van der Waals surface area (Å²) in [5.41, 5.74) is 0. The molecule has 1 aliphatic carbocycles. The van der Waals surface area contributed by atoms with Crippen LogP contribution in [-0.4, -0.2) is 24.3 Å². The van der Waals surface area contributed by atoms with Crippen LogP contribution in [0.5, 0.6) is 0 Å². The van der Waals surface area contributed by atoms with Crippen LogP contribution in [0, 0.1) is 11.8 Å². The van der Waals surface area contributed by atoms with Gasteiger partial charge in [0.05, 0.1) is 6.10 Å². The Labute approximate surface area is 73.7 Å². The number of aliphatic hydroxyl groups excluding tert-OH is 1. The third-order valence-electron chi connectivity index (χ3n) is 3.05. The van der Waals surface area contributed by atoms with Crippen molar-refractivity contribution in [2.45, 2.75) is 25.4 Å². The fraction of sp³-hybridized carbons (Fsp3) is 0.800. The van der Waals surface area contributed by atoms with Gasteiger partial charge in [0.1, 0.15) is 0 Å². The van der Waals surface area contributed by atoms with Crippen LogP contribution >= 0.6 is 0 Å². The molecule has 68 valence electrons. The molecule has 0 amide bonds. The van der Waals surface area contributed by atoms with Gasteiger partial charge in [0, 0.05) is 13.1 Å². The Kier molecular flexibility index (Phi) is 2.47. The van der Waals surface area contributed by atoms with Crippen LogP contribution in [0.3, 0.4) is 0 Å². The van der Waals surface area contributed by atoms with Crippen molar-refractivity contribution in [1.82, 2.24) is 5.32 Å². The van der Waals surface area contributed by atoms with Gasteiger partial charge in [0.25, 0.3) is 0 Å². The monoisotopic (exact) mass is 167 g/mol. The Hall–Kier alpha value is -0.340. The summed E-state index contributed by atoms with van der Waals surface area (Å²) in [6.07, 6.45) is 8.08. The molecule has 0 aromatic carbocycles. The zero-order valence-corrected chi connectivity index (χ0v) is 7.37. The fourth-order valence-electron chi connectivity index (χ4n) is 2.25. The van der Waals surface area contributed by atoms with Crippen LogP contribution in [0.2, 0.25) is 0 Å². The lowest BCUT2D eigenvalue weighted by Gasteiger charge is -2.17. The molecule has 2 rings (SSSR count). The number of hydrogen-bond donors (Lipinski definition) is 2. The van der Waals surface area contributed by atoms with Gasteiger partial charge in [-0.1, -0.05) is 12.2 Å². The Bertz CT molecular complexity index is 171. The van der Waals surface area contributed by atoms with E-state index in [-0.39, 0.29) is 6.10 Å². The van der Waals surface area contributed by atoms with E-state index in [9.17, 15) is 5.11 Å². The average Bonchev–Trinajstić information content (AvgIpc) is 2.65. The maximum atomic E-state index is 9.57. The van der Waals surface area contributed by atoms with Crippen molar-refractivity contribution < 1.29 is 5.11 Å². The zero-order valence-electron chi connectivity index (χ0n) is 7.37. The van der Waals surface area contributed by atoms with Crippen LogP contribution in [0.1, 0.15) is 19.3 Å². The summed E-state index contributed by atoms with van der Waals surface area (Å²) in [7, 11) is 0. The van der Waals surface area contributed by atoms with Crippen LogP contribution < -0.4 is 5.32 Å². The van der Waals surface area contributed by atoms with Gasteiger partial charge in [-0.25, -0.2) is 0 Å². The van der Waals surface area contributed by atoms with Gasteiger partial charge in [-0.2, -0.15) is 0 Å². The minimum atomic E-state index is -0.0920. The van der Waals surface area contributed by atoms with Crippen molar-refractivity contribution in [1.29, 1.82) is 0 Å². The van der Waals surface area contributed by atoms with E-state index in [0.717, 1.165) is 19.0 Å². The third-order valence-corrected chi connectivity index (χ3v) is 3.05. The molecule has 2 N–H and O–H groups in total. The molecule has 12 heavy (non-hydrogen) atoms. The van der Waals surface area contributed by atoms with Crippen LogP contribution in [-0.2, 0) is 0 Å². The summed E-state index contributed by atoms with van der Waals surface area (Å²) in [6, 6.07) is 0. The van der Waals surface area contributed by atoms with Crippen LogP contribution in [0.4, 0.5) is 0 Å². The SMILES string of the molecule is O[C@@H]1CNC[C@H]1CC1CC=CC1. The number of aliphatic hydroxyl groups is 1. The number of allylic oxidation sites excluding steroid dienone is 2. The smallest absolute Gasteiger partial charge is 0.0704 e. The van der Waals surface area contributed by atoms with E-state index in [1.807, 2.05) is 0 Å².